The molecular weight excluding hydrogens is 445 g/mol. The lowest BCUT2D eigenvalue weighted by Gasteiger charge is -2.37. The van der Waals surface area contributed by atoms with Gasteiger partial charge in [-0.1, -0.05) is 24.3 Å². The Morgan fingerprint density at radius 1 is 1.17 bits per heavy atom. The third-order valence-corrected chi connectivity index (χ3v) is 6.29. The number of ether oxygens (including phenoxy) is 1. The van der Waals surface area contributed by atoms with Crippen LogP contribution in [0.3, 0.4) is 0 Å². The predicted molar refractivity (Wildman–Crippen MR) is 135 cm³/mol. The maximum Gasteiger partial charge on any atom is 0.216 e. The molecule has 1 aromatic heterocycles. The highest BCUT2D eigenvalue weighted by molar-refractivity contribution is 6.04. The number of amides is 1. The second-order valence-electron chi connectivity index (χ2n) is 8.93. The molecule has 1 amide bonds. The molecule has 4 rings (SSSR count). The Morgan fingerprint density at radius 3 is 2.57 bits per heavy atom. The number of methoxy groups -OCH3 is 1. The quantitative estimate of drug-likeness (QED) is 0.438. The van der Waals surface area contributed by atoms with Gasteiger partial charge in [-0.2, -0.15) is 0 Å². The fourth-order valence-corrected chi connectivity index (χ4v) is 4.35. The Bertz CT molecular complexity index is 1250. The van der Waals surface area contributed by atoms with Crippen LogP contribution in [0.15, 0.2) is 66.1 Å². The number of nitrogens with zero attached hydrogens (tertiary/aromatic N) is 5. The van der Waals surface area contributed by atoms with Gasteiger partial charge in [-0.3, -0.25) is 14.7 Å². The van der Waals surface area contributed by atoms with Gasteiger partial charge in [-0.15, -0.1) is 0 Å². The van der Waals surface area contributed by atoms with Crippen LogP contribution in [-0.4, -0.2) is 65.9 Å². The smallest absolute Gasteiger partial charge is 0.216 e. The molecular formula is C27H30FN5O2. The van der Waals surface area contributed by atoms with Gasteiger partial charge in [0.05, 0.1) is 36.9 Å². The van der Waals surface area contributed by atoms with Crippen molar-refractivity contribution in [1.82, 2.24) is 19.4 Å². The normalized spacial score (nSPS) is 17.9. The van der Waals surface area contributed by atoms with E-state index in [-0.39, 0.29) is 5.82 Å². The Morgan fingerprint density at radius 2 is 1.94 bits per heavy atom. The molecule has 0 aliphatic carbocycles. The standard InChI is InChI=1S/C27H30FN5O2/c1-20-16-32(18-30-20)24-11-5-21(15-25(24)35-4)6-12-26-29-17-27(33(26)19-34,13-14-31(2)3)22-7-9-23(28)10-8-22/h5-12,15-16,18-19H,13-14,17H2,1-4H3/b12-6+. The third kappa shape index (κ3) is 5.02. The van der Waals surface area contributed by atoms with Crippen molar-refractivity contribution in [2.75, 3.05) is 34.3 Å². The number of benzene rings is 2. The van der Waals surface area contributed by atoms with Crippen LogP contribution in [0.4, 0.5) is 4.39 Å². The second-order valence-corrected chi connectivity index (χ2v) is 8.93. The minimum absolute atomic E-state index is 0.309. The maximum absolute atomic E-state index is 13.6. The first-order chi connectivity index (χ1) is 16.9. The van der Waals surface area contributed by atoms with Gasteiger partial charge in [0.25, 0.3) is 0 Å². The van der Waals surface area contributed by atoms with Gasteiger partial charge >= 0.3 is 0 Å². The molecule has 7 nitrogen and oxygen atoms in total. The highest BCUT2D eigenvalue weighted by Crippen LogP contribution is 2.37. The van der Waals surface area contributed by atoms with E-state index in [0.29, 0.717) is 24.6 Å². The zero-order valence-electron chi connectivity index (χ0n) is 20.5. The summed E-state index contributed by atoms with van der Waals surface area (Å²) in [6, 6.07) is 12.2. The van der Waals surface area contributed by atoms with Crippen molar-refractivity contribution in [1.29, 1.82) is 0 Å². The van der Waals surface area contributed by atoms with Crippen LogP contribution >= 0.6 is 0 Å². The first kappa shape index (κ1) is 24.3. The van der Waals surface area contributed by atoms with Crippen molar-refractivity contribution in [2.45, 2.75) is 18.9 Å². The molecule has 182 valence electrons. The number of carbonyl (C=O) groups is 1. The Kier molecular flexibility index (Phi) is 7.12. The third-order valence-electron chi connectivity index (χ3n) is 6.29. The fraction of sp³-hybridized carbons (Fsp3) is 0.296. The topological polar surface area (TPSA) is 63.0 Å². The molecule has 1 aliphatic rings. The van der Waals surface area contributed by atoms with Crippen LogP contribution in [0.2, 0.25) is 0 Å². The minimum atomic E-state index is -0.666. The first-order valence-electron chi connectivity index (χ1n) is 11.4. The molecule has 3 aromatic rings. The van der Waals surface area contributed by atoms with E-state index in [1.807, 2.05) is 62.1 Å². The second kappa shape index (κ2) is 10.2. The number of aromatic nitrogens is 2. The van der Waals surface area contributed by atoms with Gasteiger partial charge in [-0.25, -0.2) is 9.37 Å². The van der Waals surface area contributed by atoms with Crippen LogP contribution in [-0.2, 0) is 10.3 Å². The van der Waals surface area contributed by atoms with Gasteiger partial charge in [-0.05, 0) is 68.9 Å². The van der Waals surface area contributed by atoms with Crippen LogP contribution in [0.25, 0.3) is 11.8 Å². The number of aryl methyl sites for hydroxylation is 1. The van der Waals surface area contributed by atoms with E-state index in [1.54, 1.807) is 30.5 Å². The average Bonchev–Trinajstić information content (AvgIpc) is 3.45. The number of imidazole rings is 1. The number of rotatable bonds is 9. The molecule has 2 aromatic carbocycles. The number of aliphatic imine (C=N–C) groups is 1. The molecule has 1 atom stereocenters. The lowest BCUT2D eigenvalue weighted by Crippen LogP contribution is -2.47. The van der Waals surface area contributed by atoms with E-state index < -0.39 is 5.54 Å². The van der Waals surface area contributed by atoms with E-state index >= 15 is 0 Å². The minimum Gasteiger partial charge on any atom is -0.495 e. The summed E-state index contributed by atoms with van der Waals surface area (Å²) in [5.74, 6) is 0.963. The average molecular weight is 476 g/mol. The predicted octanol–water partition coefficient (Wildman–Crippen LogP) is 4.06. The van der Waals surface area contributed by atoms with Crippen molar-refractivity contribution >= 4 is 18.3 Å². The van der Waals surface area contributed by atoms with Gasteiger partial charge in [0, 0.05) is 12.7 Å². The monoisotopic (exact) mass is 475 g/mol. The highest BCUT2D eigenvalue weighted by Gasteiger charge is 2.43. The van der Waals surface area contributed by atoms with E-state index in [0.717, 1.165) is 35.5 Å². The molecule has 8 heteroatoms. The van der Waals surface area contributed by atoms with E-state index in [4.69, 9.17) is 9.73 Å². The summed E-state index contributed by atoms with van der Waals surface area (Å²) in [5.41, 5.74) is 2.91. The largest absolute Gasteiger partial charge is 0.495 e. The molecule has 0 spiro atoms. The van der Waals surface area contributed by atoms with Gasteiger partial charge in [0.15, 0.2) is 0 Å². The first-order valence-corrected chi connectivity index (χ1v) is 11.4. The van der Waals surface area contributed by atoms with Crippen molar-refractivity contribution in [3.8, 4) is 11.4 Å². The molecule has 35 heavy (non-hydrogen) atoms. The summed E-state index contributed by atoms with van der Waals surface area (Å²) in [6.45, 7) is 3.10. The SMILES string of the molecule is COc1cc(/C=C/C2=NCC(CCN(C)C)(c3ccc(F)cc3)N2C=O)ccc1-n1cnc(C)c1. The van der Waals surface area contributed by atoms with Crippen LogP contribution in [0, 0.1) is 12.7 Å². The van der Waals surface area contributed by atoms with Gasteiger partial charge in [0.1, 0.15) is 17.4 Å². The van der Waals surface area contributed by atoms with Crippen LogP contribution < -0.4 is 4.74 Å². The van der Waals surface area contributed by atoms with Crippen LogP contribution in [0.1, 0.15) is 23.2 Å². The number of halogens is 1. The highest BCUT2D eigenvalue weighted by atomic mass is 19.1. The van der Waals surface area contributed by atoms with E-state index in [2.05, 4.69) is 9.88 Å². The summed E-state index contributed by atoms with van der Waals surface area (Å²) < 4.78 is 21.1. The molecule has 1 aliphatic heterocycles. The Balaban J connectivity index is 1.62. The van der Waals surface area contributed by atoms with Gasteiger partial charge in [0.2, 0.25) is 6.41 Å². The summed E-state index contributed by atoms with van der Waals surface area (Å²) >= 11 is 0. The molecule has 0 radical (unpaired) electrons. The van der Waals surface area contributed by atoms with Crippen molar-refractivity contribution < 1.29 is 13.9 Å². The number of hydrogen-bond donors (Lipinski definition) is 0. The number of amidine groups is 1. The molecule has 1 unspecified atom stereocenters. The zero-order chi connectivity index (χ0) is 25.0. The summed E-state index contributed by atoms with van der Waals surface area (Å²) in [4.78, 5) is 25.1. The zero-order valence-corrected chi connectivity index (χ0v) is 20.5. The summed E-state index contributed by atoms with van der Waals surface area (Å²) in [6.07, 6.45) is 8.92. The van der Waals surface area contributed by atoms with Crippen molar-refractivity contribution in [3.05, 3.63) is 83.7 Å². The Labute approximate surface area is 205 Å². The molecule has 0 bridgehead atoms. The molecule has 0 N–H and O–H groups in total. The van der Waals surface area contributed by atoms with E-state index in [9.17, 15) is 9.18 Å². The maximum atomic E-state index is 13.6. The molecule has 0 saturated carbocycles. The summed E-state index contributed by atoms with van der Waals surface area (Å²) in [7, 11) is 5.61. The van der Waals surface area contributed by atoms with E-state index in [1.165, 1.54) is 12.1 Å². The number of hydrogen-bond acceptors (Lipinski definition) is 5. The molecule has 0 saturated heterocycles. The molecule has 0 fully saturated rings. The van der Waals surface area contributed by atoms with Gasteiger partial charge < -0.3 is 14.2 Å². The fourth-order valence-electron chi connectivity index (χ4n) is 4.35. The molecule has 2 heterocycles. The Hall–Kier alpha value is -3.78. The summed E-state index contributed by atoms with van der Waals surface area (Å²) in [5, 5.41) is 0. The van der Waals surface area contributed by atoms with Crippen molar-refractivity contribution in [3.63, 3.8) is 0 Å². The number of carbonyl (C=O) groups excluding carboxylic acids is 1. The lowest BCUT2D eigenvalue weighted by molar-refractivity contribution is -0.118. The lowest BCUT2D eigenvalue weighted by atomic mass is 9.85. The van der Waals surface area contributed by atoms with Crippen LogP contribution in [0.5, 0.6) is 5.75 Å². The van der Waals surface area contributed by atoms with Crippen molar-refractivity contribution in [2.24, 2.45) is 4.99 Å².